The first kappa shape index (κ1) is 24.8. The summed E-state index contributed by atoms with van der Waals surface area (Å²) in [5, 5.41) is 2.09. The van der Waals surface area contributed by atoms with Gasteiger partial charge in [-0.2, -0.15) is 8.78 Å². The highest BCUT2D eigenvalue weighted by Crippen LogP contribution is 2.28. The number of hydrogen-bond acceptors (Lipinski definition) is 6. The molecule has 0 unspecified atom stereocenters. The number of hydrogen-bond donors (Lipinski definition) is 2. The minimum Gasteiger partial charge on any atom is -0.456 e. The van der Waals surface area contributed by atoms with E-state index in [0.29, 0.717) is 0 Å². The summed E-state index contributed by atoms with van der Waals surface area (Å²) >= 11 is 11.7. The lowest BCUT2D eigenvalue weighted by molar-refractivity contribution is -0.147. The summed E-state index contributed by atoms with van der Waals surface area (Å²) in [5.74, 6) is -1.94. The lowest BCUT2D eigenvalue weighted by atomic mass is 10.3. The third kappa shape index (κ3) is 7.62. The van der Waals surface area contributed by atoms with Gasteiger partial charge in [0.25, 0.3) is 5.91 Å². The average Bonchev–Trinajstić information content (AvgIpc) is 2.67. The molecule has 0 aliphatic carbocycles. The molecule has 0 aliphatic rings. The number of carbonyl (C=O) groups excluding carboxylic acids is 2. The lowest BCUT2D eigenvalue weighted by Gasteiger charge is -2.12. The molecule has 0 radical (unpaired) electrons. The zero-order valence-corrected chi connectivity index (χ0v) is 17.9. The Balaban J connectivity index is 1.82. The summed E-state index contributed by atoms with van der Waals surface area (Å²) < 4.78 is 60.5. The molecule has 0 saturated carbocycles. The van der Waals surface area contributed by atoms with Crippen LogP contribution in [0, 0.1) is 0 Å². The minimum atomic E-state index is -4.08. The van der Waals surface area contributed by atoms with Crippen molar-refractivity contribution in [3.8, 4) is 5.75 Å². The van der Waals surface area contributed by atoms with Gasteiger partial charge in [0.1, 0.15) is 10.6 Å². The highest BCUT2D eigenvalue weighted by Gasteiger charge is 2.21. The minimum absolute atomic E-state index is 0.0340. The first-order chi connectivity index (χ1) is 14.6. The second-order valence-corrected chi connectivity index (χ2v) is 8.30. The summed E-state index contributed by atoms with van der Waals surface area (Å²) in [6.45, 7) is -4.14. The van der Waals surface area contributed by atoms with E-state index in [4.69, 9.17) is 27.9 Å². The topological polar surface area (TPSA) is 111 Å². The number of alkyl halides is 2. The van der Waals surface area contributed by atoms with E-state index in [2.05, 4.69) is 14.8 Å². The molecule has 168 valence electrons. The van der Waals surface area contributed by atoms with Crippen LogP contribution in [0.25, 0.3) is 0 Å². The number of benzene rings is 2. The summed E-state index contributed by atoms with van der Waals surface area (Å²) in [6.07, 6.45) is -0.389. The number of ether oxygens (including phenoxy) is 2. The van der Waals surface area contributed by atoms with Crippen LogP contribution >= 0.6 is 23.2 Å². The van der Waals surface area contributed by atoms with E-state index >= 15 is 0 Å². The predicted molar refractivity (Wildman–Crippen MR) is 109 cm³/mol. The maximum absolute atomic E-state index is 12.4. The van der Waals surface area contributed by atoms with E-state index in [0.717, 1.165) is 0 Å². The Hall–Kier alpha value is -2.47. The van der Waals surface area contributed by atoms with Gasteiger partial charge in [0.05, 0.1) is 22.2 Å². The van der Waals surface area contributed by atoms with Crippen molar-refractivity contribution in [3.63, 3.8) is 0 Å². The van der Waals surface area contributed by atoms with E-state index in [1.54, 1.807) is 0 Å². The fraction of sp³-hybridized carbons (Fsp3) is 0.222. The molecule has 2 aromatic carbocycles. The number of rotatable bonds is 10. The number of anilines is 1. The van der Waals surface area contributed by atoms with Crippen LogP contribution in [0.3, 0.4) is 0 Å². The van der Waals surface area contributed by atoms with Crippen molar-refractivity contribution < 1.29 is 36.3 Å². The van der Waals surface area contributed by atoms with Crippen LogP contribution in [0.5, 0.6) is 5.75 Å². The van der Waals surface area contributed by atoms with Crippen LogP contribution in [0.4, 0.5) is 14.5 Å². The monoisotopic (exact) mass is 496 g/mol. The molecule has 2 aromatic rings. The van der Waals surface area contributed by atoms with Gasteiger partial charge in [-0.25, -0.2) is 13.1 Å². The van der Waals surface area contributed by atoms with Gasteiger partial charge in [0.2, 0.25) is 10.0 Å². The Labute approximate surface area is 186 Å². The fourth-order valence-electron chi connectivity index (χ4n) is 2.27. The second kappa shape index (κ2) is 11.2. The predicted octanol–water partition coefficient (Wildman–Crippen LogP) is 3.45. The molecule has 0 bridgehead atoms. The number of nitrogens with one attached hydrogen (secondary N) is 2. The zero-order chi connectivity index (χ0) is 23.0. The van der Waals surface area contributed by atoms with Crippen LogP contribution in [0.1, 0.15) is 6.42 Å². The van der Waals surface area contributed by atoms with Gasteiger partial charge in [-0.05, 0) is 24.3 Å². The molecule has 0 fully saturated rings. The normalized spacial score (nSPS) is 11.3. The van der Waals surface area contributed by atoms with Crippen LogP contribution in [-0.4, -0.2) is 40.1 Å². The second-order valence-electron chi connectivity index (χ2n) is 5.78. The van der Waals surface area contributed by atoms with E-state index in [1.165, 1.54) is 42.5 Å². The van der Waals surface area contributed by atoms with Crippen LogP contribution in [0.2, 0.25) is 10.0 Å². The van der Waals surface area contributed by atoms with Gasteiger partial charge >= 0.3 is 12.6 Å². The van der Waals surface area contributed by atoms with Gasteiger partial charge in [-0.3, -0.25) is 9.59 Å². The van der Waals surface area contributed by atoms with Crippen molar-refractivity contribution in [1.82, 2.24) is 4.72 Å². The quantitative estimate of drug-likeness (QED) is 0.487. The van der Waals surface area contributed by atoms with E-state index in [1.807, 2.05) is 0 Å². The average molecular weight is 497 g/mol. The van der Waals surface area contributed by atoms with Gasteiger partial charge in [0, 0.05) is 6.54 Å². The molecule has 0 saturated heterocycles. The smallest absolute Gasteiger partial charge is 0.387 e. The maximum atomic E-state index is 12.4. The molecule has 2 N–H and O–H groups in total. The van der Waals surface area contributed by atoms with Crippen LogP contribution in [0.15, 0.2) is 47.4 Å². The molecular formula is C18H16Cl2F2N2O6S. The number of amides is 1. The van der Waals surface area contributed by atoms with E-state index in [-0.39, 0.29) is 39.3 Å². The van der Waals surface area contributed by atoms with Crippen molar-refractivity contribution in [2.24, 2.45) is 0 Å². The Morgan fingerprint density at radius 3 is 2.32 bits per heavy atom. The molecule has 31 heavy (non-hydrogen) atoms. The van der Waals surface area contributed by atoms with Gasteiger partial charge < -0.3 is 14.8 Å². The van der Waals surface area contributed by atoms with Crippen molar-refractivity contribution in [2.75, 3.05) is 18.5 Å². The SMILES string of the molecule is O=C(COC(=O)CCNS(=O)(=O)c1c(Cl)cccc1Cl)Nc1ccccc1OC(F)F. The molecule has 0 atom stereocenters. The summed E-state index contributed by atoms with van der Waals surface area (Å²) in [4.78, 5) is 23.3. The molecule has 0 aromatic heterocycles. The van der Waals surface area contributed by atoms with Crippen molar-refractivity contribution in [1.29, 1.82) is 0 Å². The van der Waals surface area contributed by atoms with E-state index < -0.39 is 35.1 Å². The highest BCUT2D eigenvalue weighted by molar-refractivity contribution is 7.89. The summed E-state index contributed by atoms with van der Waals surface area (Å²) in [6, 6.07) is 9.64. The van der Waals surface area contributed by atoms with Crippen LogP contribution < -0.4 is 14.8 Å². The molecule has 1 amide bonds. The van der Waals surface area contributed by atoms with Crippen molar-refractivity contribution in [2.45, 2.75) is 17.9 Å². The van der Waals surface area contributed by atoms with E-state index in [9.17, 15) is 26.8 Å². The third-order valence-corrected chi connectivity index (χ3v) is 5.97. The molecule has 2 rings (SSSR count). The fourth-order valence-corrected chi connectivity index (χ4v) is 4.44. The maximum Gasteiger partial charge on any atom is 0.387 e. The zero-order valence-electron chi connectivity index (χ0n) is 15.6. The van der Waals surface area contributed by atoms with Crippen molar-refractivity contribution in [3.05, 3.63) is 52.5 Å². The number of carbonyl (C=O) groups is 2. The molecule has 8 nitrogen and oxygen atoms in total. The highest BCUT2D eigenvalue weighted by atomic mass is 35.5. The summed E-state index contributed by atoms with van der Waals surface area (Å²) in [7, 11) is -4.08. The van der Waals surface area contributed by atoms with Gasteiger partial charge in [0.15, 0.2) is 6.61 Å². The lowest BCUT2D eigenvalue weighted by Crippen LogP contribution is -2.28. The number of para-hydroxylation sites is 2. The largest absolute Gasteiger partial charge is 0.456 e. The van der Waals surface area contributed by atoms with Crippen LogP contribution in [-0.2, 0) is 24.3 Å². The Morgan fingerprint density at radius 1 is 1.03 bits per heavy atom. The Kier molecular flexibility index (Phi) is 8.99. The molecule has 0 spiro atoms. The molecule has 13 heteroatoms. The van der Waals surface area contributed by atoms with Gasteiger partial charge in [-0.15, -0.1) is 0 Å². The van der Waals surface area contributed by atoms with Crippen molar-refractivity contribution >= 4 is 50.8 Å². The molecular weight excluding hydrogens is 481 g/mol. The first-order valence-electron chi connectivity index (χ1n) is 8.53. The molecule has 0 heterocycles. The third-order valence-electron chi connectivity index (χ3n) is 3.55. The summed E-state index contributed by atoms with van der Waals surface area (Å²) in [5.41, 5.74) is -0.0340. The number of sulfonamides is 1. The molecule has 0 aliphatic heterocycles. The standard InChI is InChI=1S/C18H16Cl2F2N2O6S/c19-11-4-3-5-12(20)17(11)31(27,28)23-9-8-16(26)29-10-15(25)24-13-6-1-2-7-14(13)30-18(21)22/h1-7,18,23H,8-10H2,(H,24,25). The number of halogens is 4. The van der Waals surface area contributed by atoms with Gasteiger partial charge in [-0.1, -0.05) is 41.4 Å². The Bertz CT molecular complexity index is 1030. The number of esters is 1. The Morgan fingerprint density at radius 2 is 1.68 bits per heavy atom. The first-order valence-corrected chi connectivity index (χ1v) is 10.8.